The number of thiazole rings is 1. The Labute approximate surface area is 98.6 Å². The molecular weight excluding hydrogens is 253 g/mol. The van der Waals surface area contributed by atoms with Crippen LogP contribution in [0.25, 0.3) is 0 Å². The second-order valence-electron chi connectivity index (χ2n) is 3.22. The van der Waals surface area contributed by atoms with E-state index in [1.807, 2.05) is 0 Å². The van der Waals surface area contributed by atoms with E-state index in [9.17, 15) is 18.3 Å². The lowest BCUT2D eigenvalue weighted by atomic mass is 10.2. The van der Waals surface area contributed by atoms with E-state index in [-0.39, 0.29) is 4.88 Å². The van der Waals surface area contributed by atoms with Gasteiger partial charge in [-0.1, -0.05) is 6.07 Å². The lowest BCUT2D eigenvalue weighted by Gasteiger charge is -2.06. The standard InChI is InChI=1S/C10H7F3N2OS/c11-10(12,13)9-15-5-7(17-9)8(16)6-3-1-2-4-14-6/h1-5,8,16H. The minimum Gasteiger partial charge on any atom is -0.381 e. The van der Waals surface area contributed by atoms with Crippen LogP contribution in [-0.2, 0) is 6.18 Å². The van der Waals surface area contributed by atoms with Crippen LogP contribution in [0.1, 0.15) is 21.7 Å². The van der Waals surface area contributed by atoms with Crippen molar-refractivity contribution < 1.29 is 18.3 Å². The zero-order chi connectivity index (χ0) is 12.5. The van der Waals surface area contributed by atoms with Crippen molar-refractivity contribution in [1.82, 2.24) is 9.97 Å². The molecule has 0 fully saturated rings. The number of rotatable bonds is 2. The molecule has 0 aliphatic heterocycles. The quantitative estimate of drug-likeness (QED) is 0.902. The van der Waals surface area contributed by atoms with E-state index in [0.29, 0.717) is 17.0 Å². The smallest absolute Gasteiger partial charge is 0.381 e. The molecule has 1 unspecified atom stereocenters. The summed E-state index contributed by atoms with van der Waals surface area (Å²) in [5.41, 5.74) is 0.296. The Morgan fingerprint density at radius 2 is 2.00 bits per heavy atom. The van der Waals surface area contributed by atoms with Gasteiger partial charge in [-0.15, -0.1) is 11.3 Å². The van der Waals surface area contributed by atoms with Crippen molar-refractivity contribution in [3.05, 3.63) is 46.2 Å². The van der Waals surface area contributed by atoms with E-state index in [0.717, 1.165) is 6.20 Å². The van der Waals surface area contributed by atoms with Gasteiger partial charge in [0.2, 0.25) is 0 Å². The number of nitrogens with zero attached hydrogens (tertiary/aromatic N) is 2. The largest absolute Gasteiger partial charge is 0.443 e. The number of alkyl halides is 3. The SMILES string of the molecule is OC(c1ccccn1)c1cnc(C(F)(F)F)s1. The summed E-state index contributed by atoms with van der Waals surface area (Å²) in [6.07, 6.45) is -3.17. The highest BCUT2D eigenvalue weighted by Gasteiger charge is 2.35. The lowest BCUT2D eigenvalue weighted by molar-refractivity contribution is -0.137. The van der Waals surface area contributed by atoms with Gasteiger partial charge >= 0.3 is 6.18 Å². The first-order valence-corrected chi connectivity index (χ1v) is 5.42. The fourth-order valence-corrected chi connectivity index (χ4v) is 2.01. The van der Waals surface area contributed by atoms with Crippen LogP contribution in [0.15, 0.2) is 30.6 Å². The fourth-order valence-electron chi connectivity index (χ4n) is 1.23. The summed E-state index contributed by atoms with van der Waals surface area (Å²) in [6.45, 7) is 0. The molecule has 90 valence electrons. The number of pyridine rings is 1. The first kappa shape index (κ1) is 12.0. The topological polar surface area (TPSA) is 46.0 Å². The van der Waals surface area contributed by atoms with Crippen molar-refractivity contribution in [2.45, 2.75) is 12.3 Å². The lowest BCUT2D eigenvalue weighted by Crippen LogP contribution is -2.03. The van der Waals surface area contributed by atoms with Gasteiger partial charge in [0.1, 0.15) is 6.10 Å². The van der Waals surface area contributed by atoms with Gasteiger partial charge in [-0.25, -0.2) is 4.98 Å². The molecule has 0 radical (unpaired) electrons. The van der Waals surface area contributed by atoms with Crippen LogP contribution in [0.4, 0.5) is 13.2 Å². The molecule has 0 bridgehead atoms. The van der Waals surface area contributed by atoms with E-state index in [4.69, 9.17) is 0 Å². The first-order chi connectivity index (χ1) is 7.98. The number of halogens is 3. The molecule has 0 amide bonds. The Bertz CT molecular complexity index is 498. The molecule has 17 heavy (non-hydrogen) atoms. The summed E-state index contributed by atoms with van der Waals surface area (Å²) in [4.78, 5) is 7.24. The number of aliphatic hydroxyl groups excluding tert-OH is 1. The summed E-state index contributed by atoms with van der Waals surface area (Å²) in [6, 6.07) is 4.85. The highest BCUT2D eigenvalue weighted by Crippen LogP contribution is 2.35. The third-order valence-electron chi connectivity index (χ3n) is 2.00. The third kappa shape index (κ3) is 2.62. The number of aliphatic hydroxyl groups is 1. The summed E-state index contributed by atoms with van der Waals surface area (Å²) >= 11 is 0.417. The zero-order valence-corrected chi connectivity index (χ0v) is 9.16. The zero-order valence-electron chi connectivity index (χ0n) is 8.35. The molecule has 7 heteroatoms. The predicted octanol–water partition coefficient (Wildman–Crippen LogP) is 2.64. The van der Waals surface area contributed by atoms with Gasteiger partial charge < -0.3 is 5.11 Å². The molecule has 0 aliphatic carbocycles. The average molecular weight is 260 g/mol. The van der Waals surface area contributed by atoms with E-state index < -0.39 is 17.3 Å². The molecule has 1 N–H and O–H groups in total. The molecule has 0 spiro atoms. The van der Waals surface area contributed by atoms with Gasteiger partial charge in [-0.2, -0.15) is 13.2 Å². The van der Waals surface area contributed by atoms with Crippen molar-refractivity contribution in [1.29, 1.82) is 0 Å². The highest BCUT2D eigenvalue weighted by atomic mass is 32.1. The molecular formula is C10H7F3N2OS. The summed E-state index contributed by atoms with van der Waals surface area (Å²) < 4.78 is 37.0. The van der Waals surface area contributed by atoms with Gasteiger partial charge in [0, 0.05) is 12.4 Å². The van der Waals surface area contributed by atoms with Crippen LogP contribution in [0.3, 0.4) is 0 Å². The molecule has 0 aromatic carbocycles. The van der Waals surface area contributed by atoms with Crippen LogP contribution in [0.5, 0.6) is 0 Å². The second-order valence-corrected chi connectivity index (χ2v) is 4.28. The predicted molar refractivity (Wildman–Crippen MR) is 55.4 cm³/mol. The molecule has 0 aliphatic rings. The second kappa shape index (κ2) is 4.42. The van der Waals surface area contributed by atoms with E-state index in [1.54, 1.807) is 12.1 Å². The van der Waals surface area contributed by atoms with E-state index in [2.05, 4.69) is 9.97 Å². The molecule has 0 saturated heterocycles. The Hall–Kier alpha value is -1.47. The number of hydrogen-bond acceptors (Lipinski definition) is 4. The van der Waals surface area contributed by atoms with Crippen molar-refractivity contribution >= 4 is 11.3 Å². The summed E-state index contributed by atoms with van der Waals surface area (Å²) in [7, 11) is 0. The van der Waals surface area contributed by atoms with Crippen LogP contribution in [-0.4, -0.2) is 15.1 Å². The summed E-state index contributed by atoms with van der Waals surface area (Å²) in [5.74, 6) is 0. The monoisotopic (exact) mass is 260 g/mol. The van der Waals surface area contributed by atoms with Crippen LogP contribution in [0, 0.1) is 0 Å². The average Bonchev–Trinajstić information content (AvgIpc) is 2.78. The Balaban J connectivity index is 2.27. The maximum absolute atomic E-state index is 12.3. The van der Waals surface area contributed by atoms with Gasteiger partial charge in [0.25, 0.3) is 0 Å². The summed E-state index contributed by atoms with van der Waals surface area (Å²) in [5, 5.41) is 8.84. The van der Waals surface area contributed by atoms with Crippen LogP contribution in [0.2, 0.25) is 0 Å². The van der Waals surface area contributed by atoms with Gasteiger partial charge in [-0.3, -0.25) is 4.98 Å². The van der Waals surface area contributed by atoms with Crippen molar-refractivity contribution in [3.8, 4) is 0 Å². The molecule has 0 saturated carbocycles. The molecule has 2 heterocycles. The Kier molecular flexibility index (Phi) is 3.12. The van der Waals surface area contributed by atoms with Crippen LogP contribution < -0.4 is 0 Å². The molecule has 1 atom stereocenters. The van der Waals surface area contributed by atoms with Gasteiger partial charge in [-0.05, 0) is 12.1 Å². The number of aromatic nitrogens is 2. The van der Waals surface area contributed by atoms with Crippen molar-refractivity contribution in [2.75, 3.05) is 0 Å². The third-order valence-corrected chi connectivity index (χ3v) is 3.10. The van der Waals surface area contributed by atoms with Crippen molar-refractivity contribution in [2.24, 2.45) is 0 Å². The van der Waals surface area contributed by atoms with E-state index in [1.165, 1.54) is 12.3 Å². The van der Waals surface area contributed by atoms with Gasteiger partial charge in [0.15, 0.2) is 5.01 Å². The molecule has 3 nitrogen and oxygen atoms in total. The fraction of sp³-hybridized carbons (Fsp3) is 0.200. The maximum Gasteiger partial charge on any atom is 0.443 e. The van der Waals surface area contributed by atoms with Crippen LogP contribution >= 0.6 is 11.3 Å². The molecule has 2 rings (SSSR count). The molecule has 2 aromatic rings. The first-order valence-electron chi connectivity index (χ1n) is 4.60. The minimum absolute atomic E-state index is 0.121. The maximum atomic E-state index is 12.3. The highest BCUT2D eigenvalue weighted by molar-refractivity contribution is 7.11. The Morgan fingerprint density at radius 3 is 2.53 bits per heavy atom. The molecule has 2 aromatic heterocycles. The normalized spacial score (nSPS) is 13.6. The van der Waals surface area contributed by atoms with E-state index >= 15 is 0 Å². The minimum atomic E-state index is -4.48. The van der Waals surface area contributed by atoms with Gasteiger partial charge in [0.05, 0.1) is 10.6 Å². The number of hydrogen-bond donors (Lipinski definition) is 1. The van der Waals surface area contributed by atoms with Crippen molar-refractivity contribution in [3.63, 3.8) is 0 Å². The Morgan fingerprint density at radius 1 is 1.24 bits per heavy atom.